The number of morpholine rings is 1. The van der Waals surface area contributed by atoms with E-state index in [1.54, 1.807) is 19.2 Å². The summed E-state index contributed by atoms with van der Waals surface area (Å²) < 4.78 is 17.6. The molecule has 0 spiro atoms. The van der Waals surface area contributed by atoms with E-state index in [4.69, 9.17) is 25.8 Å². The number of halogens is 2. The van der Waals surface area contributed by atoms with E-state index in [0.29, 0.717) is 23.1 Å². The zero-order chi connectivity index (χ0) is 16.1. The highest BCUT2D eigenvalue weighted by molar-refractivity contribution is 6.30. The van der Waals surface area contributed by atoms with Crippen molar-refractivity contribution >= 4 is 24.0 Å². The molecule has 2 atom stereocenters. The molecule has 1 saturated heterocycles. The molecule has 0 radical (unpaired) electrons. The fraction of sp³-hybridized carbons (Fsp3) is 0.333. The lowest BCUT2D eigenvalue weighted by atomic mass is 10.0. The maximum Gasteiger partial charge on any atom is 0.162 e. The van der Waals surface area contributed by atoms with Gasteiger partial charge in [-0.25, -0.2) is 0 Å². The van der Waals surface area contributed by atoms with Crippen molar-refractivity contribution in [2.75, 3.05) is 26.8 Å². The molecule has 0 aliphatic carbocycles. The Morgan fingerprint density at radius 3 is 2.62 bits per heavy atom. The van der Waals surface area contributed by atoms with Crippen LogP contribution < -0.4 is 14.8 Å². The van der Waals surface area contributed by atoms with Crippen molar-refractivity contribution in [3.8, 4) is 11.5 Å². The van der Waals surface area contributed by atoms with Crippen LogP contribution in [0.2, 0.25) is 5.02 Å². The van der Waals surface area contributed by atoms with Crippen LogP contribution in [0.3, 0.4) is 0 Å². The molecule has 2 aromatic rings. The number of methoxy groups -OCH3 is 1. The third-order valence-electron chi connectivity index (χ3n) is 3.80. The summed E-state index contributed by atoms with van der Waals surface area (Å²) in [4.78, 5) is 0. The van der Waals surface area contributed by atoms with Gasteiger partial charge in [0.1, 0.15) is 6.10 Å². The Balaban J connectivity index is 0.00000208. The van der Waals surface area contributed by atoms with Crippen LogP contribution in [0.15, 0.2) is 48.5 Å². The van der Waals surface area contributed by atoms with Gasteiger partial charge in [-0.2, -0.15) is 0 Å². The zero-order valence-electron chi connectivity index (χ0n) is 13.4. The Morgan fingerprint density at radius 2 is 1.96 bits per heavy atom. The molecule has 0 aromatic heterocycles. The lowest BCUT2D eigenvalue weighted by molar-refractivity contribution is -0.0438. The second-order valence-electron chi connectivity index (χ2n) is 5.36. The van der Waals surface area contributed by atoms with Gasteiger partial charge in [0.25, 0.3) is 0 Å². The molecule has 0 amide bonds. The van der Waals surface area contributed by atoms with E-state index in [9.17, 15) is 0 Å². The van der Waals surface area contributed by atoms with Crippen molar-refractivity contribution < 1.29 is 14.2 Å². The average molecular weight is 370 g/mol. The molecule has 24 heavy (non-hydrogen) atoms. The van der Waals surface area contributed by atoms with Gasteiger partial charge in [-0.3, -0.25) is 0 Å². The summed E-state index contributed by atoms with van der Waals surface area (Å²) in [5.41, 5.74) is 1.07. The third kappa shape index (κ3) is 4.54. The summed E-state index contributed by atoms with van der Waals surface area (Å²) in [6.07, 6.45) is -0.286. The molecule has 0 saturated carbocycles. The van der Waals surface area contributed by atoms with Crippen LogP contribution in [-0.2, 0) is 4.74 Å². The van der Waals surface area contributed by atoms with Gasteiger partial charge < -0.3 is 19.5 Å². The van der Waals surface area contributed by atoms with Crippen molar-refractivity contribution in [2.45, 2.75) is 12.2 Å². The monoisotopic (exact) mass is 369 g/mol. The first kappa shape index (κ1) is 18.9. The number of nitrogens with one attached hydrogen (secondary N) is 1. The Labute approximate surface area is 153 Å². The first-order valence-electron chi connectivity index (χ1n) is 7.65. The highest BCUT2D eigenvalue weighted by Crippen LogP contribution is 2.35. The predicted octanol–water partition coefficient (Wildman–Crippen LogP) is 3.88. The number of rotatable bonds is 5. The molecule has 0 bridgehead atoms. The topological polar surface area (TPSA) is 39.7 Å². The van der Waals surface area contributed by atoms with Crippen LogP contribution in [0.1, 0.15) is 11.7 Å². The van der Waals surface area contributed by atoms with Gasteiger partial charge >= 0.3 is 0 Å². The quantitative estimate of drug-likeness (QED) is 0.867. The SMILES string of the molecule is COc1cc(Cl)ccc1O[C@@H](c1ccccc1)[C@H]1CNCCO1.Cl. The van der Waals surface area contributed by atoms with E-state index in [1.807, 2.05) is 36.4 Å². The molecule has 4 nitrogen and oxygen atoms in total. The van der Waals surface area contributed by atoms with Gasteiger partial charge in [0.2, 0.25) is 0 Å². The number of hydrogen-bond donors (Lipinski definition) is 1. The van der Waals surface area contributed by atoms with Crippen LogP contribution in [0.4, 0.5) is 0 Å². The maximum atomic E-state index is 6.27. The van der Waals surface area contributed by atoms with Crippen molar-refractivity contribution in [3.05, 3.63) is 59.1 Å². The van der Waals surface area contributed by atoms with Gasteiger partial charge in [-0.15, -0.1) is 12.4 Å². The standard InChI is InChI=1S/C18H20ClNO3.ClH/c1-21-16-11-14(19)7-8-15(16)23-18(13-5-3-2-4-6-13)17-12-20-9-10-22-17;/h2-8,11,17-18,20H,9-10,12H2,1H3;1H/t17-,18+;/m1./s1. The van der Waals surface area contributed by atoms with Gasteiger partial charge in [0.05, 0.1) is 13.7 Å². The van der Waals surface area contributed by atoms with E-state index in [0.717, 1.165) is 18.7 Å². The molecule has 6 heteroatoms. The summed E-state index contributed by atoms with van der Waals surface area (Å²) in [5.74, 6) is 1.27. The van der Waals surface area contributed by atoms with E-state index in [-0.39, 0.29) is 24.6 Å². The van der Waals surface area contributed by atoms with E-state index in [1.165, 1.54) is 0 Å². The summed E-state index contributed by atoms with van der Waals surface area (Å²) in [6.45, 7) is 2.28. The highest BCUT2D eigenvalue weighted by Gasteiger charge is 2.28. The number of hydrogen-bond acceptors (Lipinski definition) is 4. The number of benzene rings is 2. The normalized spacial score (nSPS) is 18.3. The van der Waals surface area contributed by atoms with Crippen LogP contribution in [0.25, 0.3) is 0 Å². The van der Waals surface area contributed by atoms with Gasteiger partial charge in [-0.05, 0) is 17.7 Å². The number of ether oxygens (including phenoxy) is 3. The molecule has 1 heterocycles. The Bertz CT molecular complexity index is 633. The molecule has 1 N–H and O–H groups in total. The third-order valence-corrected chi connectivity index (χ3v) is 4.04. The summed E-state index contributed by atoms with van der Waals surface area (Å²) in [7, 11) is 1.61. The van der Waals surface area contributed by atoms with E-state index < -0.39 is 0 Å². The maximum absolute atomic E-state index is 6.27. The van der Waals surface area contributed by atoms with Crippen molar-refractivity contribution in [1.29, 1.82) is 0 Å². The predicted molar refractivity (Wildman–Crippen MR) is 97.7 cm³/mol. The van der Waals surface area contributed by atoms with Crippen molar-refractivity contribution in [2.24, 2.45) is 0 Å². The first-order valence-corrected chi connectivity index (χ1v) is 8.03. The minimum absolute atomic E-state index is 0. The van der Waals surface area contributed by atoms with Crippen molar-refractivity contribution in [1.82, 2.24) is 5.32 Å². The lowest BCUT2D eigenvalue weighted by Gasteiger charge is -2.32. The van der Waals surface area contributed by atoms with E-state index >= 15 is 0 Å². The smallest absolute Gasteiger partial charge is 0.162 e. The van der Waals surface area contributed by atoms with Crippen molar-refractivity contribution in [3.63, 3.8) is 0 Å². The van der Waals surface area contributed by atoms with Gasteiger partial charge in [-0.1, -0.05) is 41.9 Å². The van der Waals surface area contributed by atoms with Crippen LogP contribution in [0.5, 0.6) is 11.5 Å². The largest absolute Gasteiger partial charge is 0.493 e. The minimum atomic E-state index is -0.223. The Kier molecular flexibility index (Phi) is 7.18. The second-order valence-corrected chi connectivity index (χ2v) is 5.79. The van der Waals surface area contributed by atoms with Crippen LogP contribution >= 0.6 is 24.0 Å². The Hall–Kier alpha value is -1.46. The minimum Gasteiger partial charge on any atom is -0.493 e. The molecular formula is C18H21Cl2NO3. The summed E-state index contributed by atoms with van der Waals surface area (Å²) in [5, 5.41) is 3.96. The zero-order valence-corrected chi connectivity index (χ0v) is 15.0. The van der Waals surface area contributed by atoms with Crippen LogP contribution in [0, 0.1) is 0 Å². The Morgan fingerprint density at radius 1 is 1.17 bits per heavy atom. The van der Waals surface area contributed by atoms with Gasteiger partial charge in [0, 0.05) is 24.2 Å². The molecule has 3 rings (SSSR count). The first-order chi connectivity index (χ1) is 11.3. The molecule has 1 aliphatic rings. The highest BCUT2D eigenvalue weighted by atomic mass is 35.5. The summed E-state index contributed by atoms with van der Waals surface area (Å²) >= 11 is 6.03. The molecule has 130 valence electrons. The van der Waals surface area contributed by atoms with Gasteiger partial charge in [0.15, 0.2) is 17.6 Å². The fourth-order valence-corrected chi connectivity index (χ4v) is 2.82. The van der Waals surface area contributed by atoms with Crippen LogP contribution in [-0.4, -0.2) is 32.9 Å². The molecule has 2 aromatic carbocycles. The molecule has 0 unspecified atom stereocenters. The average Bonchev–Trinajstić information content (AvgIpc) is 2.62. The summed E-state index contributed by atoms with van der Waals surface area (Å²) in [6, 6.07) is 15.5. The molecule has 1 aliphatic heterocycles. The lowest BCUT2D eigenvalue weighted by Crippen LogP contribution is -2.43. The molecule has 1 fully saturated rings. The molecular weight excluding hydrogens is 349 g/mol. The van der Waals surface area contributed by atoms with E-state index in [2.05, 4.69) is 5.32 Å². The second kappa shape index (κ2) is 9.14. The fourth-order valence-electron chi connectivity index (χ4n) is 2.66.